The number of anilines is 1. The summed E-state index contributed by atoms with van der Waals surface area (Å²) in [5.74, 6) is 0. The largest absolute Gasteiger partial charge is 0.424 e. The SMILES string of the molecule is OCC1(Nc2nc3ccccc3o2)CCOCC1. The van der Waals surface area contributed by atoms with Crippen LogP contribution in [0.5, 0.6) is 0 Å². The Kier molecular flexibility index (Phi) is 2.93. The summed E-state index contributed by atoms with van der Waals surface area (Å²) >= 11 is 0. The third-order valence-corrected chi connectivity index (χ3v) is 3.42. The Morgan fingerprint density at radius 3 is 2.78 bits per heavy atom. The number of nitrogens with zero attached hydrogens (tertiary/aromatic N) is 1. The zero-order chi connectivity index (χ0) is 12.4. The Bertz CT molecular complexity index is 499. The van der Waals surface area contributed by atoms with E-state index in [4.69, 9.17) is 9.15 Å². The molecule has 2 aromatic rings. The van der Waals surface area contributed by atoms with Crippen LogP contribution in [0.25, 0.3) is 11.1 Å². The van der Waals surface area contributed by atoms with Crippen molar-refractivity contribution in [2.24, 2.45) is 0 Å². The van der Waals surface area contributed by atoms with Crippen molar-refractivity contribution in [2.45, 2.75) is 18.4 Å². The number of aliphatic hydroxyl groups is 1. The van der Waals surface area contributed by atoms with Crippen LogP contribution in [0.2, 0.25) is 0 Å². The second-order valence-corrected chi connectivity index (χ2v) is 4.66. The molecule has 1 fully saturated rings. The number of benzene rings is 1. The van der Waals surface area contributed by atoms with Gasteiger partial charge in [0.05, 0.1) is 12.1 Å². The quantitative estimate of drug-likeness (QED) is 0.866. The molecule has 3 rings (SSSR count). The highest BCUT2D eigenvalue weighted by Crippen LogP contribution is 2.27. The first kappa shape index (κ1) is 11.5. The first-order valence-electron chi connectivity index (χ1n) is 6.14. The molecular weight excluding hydrogens is 232 g/mol. The fourth-order valence-electron chi connectivity index (χ4n) is 2.24. The molecule has 1 aromatic carbocycles. The van der Waals surface area contributed by atoms with Crippen LogP contribution in [0.15, 0.2) is 28.7 Å². The highest BCUT2D eigenvalue weighted by atomic mass is 16.5. The number of rotatable bonds is 3. The van der Waals surface area contributed by atoms with Crippen LogP contribution in [-0.2, 0) is 4.74 Å². The van der Waals surface area contributed by atoms with E-state index in [-0.39, 0.29) is 12.1 Å². The van der Waals surface area contributed by atoms with E-state index in [9.17, 15) is 5.11 Å². The van der Waals surface area contributed by atoms with Gasteiger partial charge in [0.2, 0.25) is 0 Å². The summed E-state index contributed by atoms with van der Waals surface area (Å²) < 4.78 is 10.9. The molecule has 0 spiro atoms. The molecule has 2 N–H and O–H groups in total. The molecule has 96 valence electrons. The van der Waals surface area contributed by atoms with Crippen LogP contribution >= 0.6 is 0 Å². The lowest BCUT2D eigenvalue weighted by Crippen LogP contribution is -2.47. The fraction of sp³-hybridized carbons (Fsp3) is 0.462. The van der Waals surface area contributed by atoms with Crippen LogP contribution < -0.4 is 5.32 Å². The van der Waals surface area contributed by atoms with Crippen molar-refractivity contribution in [3.63, 3.8) is 0 Å². The van der Waals surface area contributed by atoms with Gasteiger partial charge in [0.1, 0.15) is 5.52 Å². The molecule has 0 bridgehead atoms. The van der Waals surface area contributed by atoms with Crippen LogP contribution in [0, 0.1) is 0 Å². The van der Waals surface area contributed by atoms with E-state index in [2.05, 4.69) is 10.3 Å². The number of para-hydroxylation sites is 2. The zero-order valence-electron chi connectivity index (χ0n) is 10.1. The number of aromatic nitrogens is 1. The van der Waals surface area contributed by atoms with Gasteiger partial charge in [-0.1, -0.05) is 12.1 Å². The minimum Gasteiger partial charge on any atom is -0.424 e. The number of aliphatic hydroxyl groups excluding tert-OH is 1. The van der Waals surface area contributed by atoms with Crippen LogP contribution in [0.4, 0.5) is 6.01 Å². The van der Waals surface area contributed by atoms with E-state index in [0.717, 1.165) is 23.9 Å². The smallest absolute Gasteiger partial charge is 0.296 e. The molecule has 5 nitrogen and oxygen atoms in total. The Balaban J connectivity index is 1.85. The molecule has 0 saturated carbocycles. The van der Waals surface area contributed by atoms with Crippen molar-refractivity contribution in [1.29, 1.82) is 0 Å². The van der Waals surface area contributed by atoms with Gasteiger partial charge in [0.15, 0.2) is 5.58 Å². The molecule has 5 heteroatoms. The van der Waals surface area contributed by atoms with E-state index < -0.39 is 0 Å². The van der Waals surface area contributed by atoms with Gasteiger partial charge >= 0.3 is 0 Å². The minimum atomic E-state index is -0.376. The summed E-state index contributed by atoms with van der Waals surface area (Å²) in [5.41, 5.74) is 1.19. The highest BCUT2D eigenvalue weighted by Gasteiger charge is 2.33. The lowest BCUT2D eigenvalue weighted by atomic mass is 9.91. The molecule has 0 radical (unpaired) electrons. The maximum Gasteiger partial charge on any atom is 0.296 e. The first-order chi connectivity index (χ1) is 8.81. The van der Waals surface area contributed by atoms with Gasteiger partial charge in [-0.25, -0.2) is 0 Å². The summed E-state index contributed by atoms with van der Waals surface area (Å²) in [5, 5.41) is 12.8. The molecule has 1 aliphatic rings. The van der Waals surface area contributed by atoms with Gasteiger partial charge in [0.25, 0.3) is 6.01 Å². The Morgan fingerprint density at radius 1 is 1.28 bits per heavy atom. The summed E-state index contributed by atoms with van der Waals surface area (Å²) in [6.07, 6.45) is 1.50. The van der Waals surface area contributed by atoms with Crippen LogP contribution in [-0.4, -0.2) is 35.5 Å². The van der Waals surface area contributed by atoms with E-state index in [1.807, 2.05) is 24.3 Å². The van der Waals surface area contributed by atoms with Crippen molar-refractivity contribution < 1.29 is 14.3 Å². The second kappa shape index (κ2) is 4.59. The normalized spacial score (nSPS) is 18.9. The highest BCUT2D eigenvalue weighted by molar-refractivity contribution is 5.74. The Labute approximate surface area is 105 Å². The van der Waals surface area contributed by atoms with E-state index in [1.165, 1.54) is 0 Å². The fourth-order valence-corrected chi connectivity index (χ4v) is 2.24. The molecular formula is C13H16N2O3. The summed E-state index contributed by atoms with van der Waals surface area (Å²) in [6, 6.07) is 8.08. The predicted molar refractivity (Wildman–Crippen MR) is 67.5 cm³/mol. The summed E-state index contributed by atoms with van der Waals surface area (Å²) in [6.45, 7) is 1.34. The molecule has 0 aliphatic carbocycles. The molecule has 18 heavy (non-hydrogen) atoms. The molecule has 1 aromatic heterocycles. The average molecular weight is 248 g/mol. The number of hydrogen-bond donors (Lipinski definition) is 2. The van der Waals surface area contributed by atoms with Gasteiger partial charge in [-0.2, -0.15) is 4.98 Å². The van der Waals surface area contributed by atoms with Gasteiger partial charge in [-0.3, -0.25) is 0 Å². The average Bonchev–Trinajstić information content (AvgIpc) is 2.81. The third-order valence-electron chi connectivity index (χ3n) is 3.42. The number of ether oxygens (including phenoxy) is 1. The Hall–Kier alpha value is -1.59. The Morgan fingerprint density at radius 2 is 2.06 bits per heavy atom. The minimum absolute atomic E-state index is 0.0507. The van der Waals surface area contributed by atoms with Gasteiger partial charge in [0, 0.05) is 13.2 Å². The van der Waals surface area contributed by atoms with Crippen LogP contribution in [0.1, 0.15) is 12.8 Å². The van der Waals surface area contributed by atoms with Crippen molar-refractivity contribution in [1.82, 2.24) is 4.98 Å². The lowest BCUT2D eigenvalue weighted by Gasteiger charge is -2.35. The van der Waals surface area contributed by atoms with Gasteiger partial charge < -0.3 is 19.6 Å². The monoisotopic (exact) mass is 248 g/mol. The second-order valence-electron chi connectivity index (χ2n) is 4.66. The van der Waals surface area contributed by atoms with Crippen molar-refractivity contribution in [3.8, 4) is 0 Å². The molecule has 1 aliphatic heterocycles. The van der Waals surface area contributed by atoms with Crippen molar-refractivity contribution >= 4 is 17.1 Å². The van der Waals surface area contributed by atoms with Gasteiger partial charge in [-0.15, -0.1) is 0 Å². The van der Waals surface area contributed by atoms with E-state index in [0.29, 0.717) is 19.2 Å². The number of fused-ring (bicyclic) bond motifs is 1. The van der Waals surface area contributed by atoms with E-state index >= 15 is 0 Å². The molecule has 2 heterocycles. The van der Waals surface area contributed by atoms with Crippen molar-refractivity contribution in [2.75, 3.05) is 25.1 Å². The van der Waals surface area contributed by atoms with Crippen molar-refractivity contribution in [3.05, 3.63) is 24.3 Å². The number of hydrogen-bond acceptors (Lipinski definition) is 5. The molecule has 1 saturated heterocycles. The first-order valence-corrected chi connectivity index (χ1v) is 6.14. The zero-order valence-corrected chi connectivity index (χ0v) is 10.1. The number of oxazole rings is 1. The van der Waals surface area contributed by atoms with Crippen LogP contribution in [0.3, 0.4) is 0 Å². The molecule has 0 unspecified atom stereocenters. The standard InChI is InChI=1S/C13H16N2O3/c16-9-13(5-7-17-8-6-13)15-12-14-10-3-1-2-4-11(10)18-12/h1-4,16H,5-9H2,(H,14,15). The van der Waals surface area contributed by atoms with E-state index in [1.54, 1.807) is 0 Å². The molecule has 0 amide bonds. The third kappa shape index (κ3) is 2.07. The molecule has 0 atom stereocenters. The lowest BCUT2D eigenvalue weighted by molar-refractivity contribution is 0.0371. The number of nitrogens with one attached hydrogen (secondary N) is 1. The summed E-state index contributed by atoms with van der Waals surface area (Å²) in [7, 11) is 0. The summed E-state index contributed by atoms with van der Waals surface area (Å²) in [4.78, 5) is 4.37. The topological polar surface area (TPSA) is 67.5 Å². The van der Waals surface area contributed by atoms with Gasteiger partial charge in [-0.05, 0) is 25.0 Å². The predicted octanol–water partition coefficient (Wildman–Crippen LogP) is 1.78. The maximum absolute atomic E-state index is 9.59. The maximum atomic E-state index is 9.59.